The van der Waals surface area contributed by atoms with Crippen LogP contribution < -0.4 is 11.0 Å². The molecule has 0 fully saturated rings. The second-order valence-corrected chi connectivity index (χ2v) is 6.39. The first kappa shape index (κ1) is 17.0. The first-order valence-electron chi connectivity index (χ1n) is 7.62. The Morgan fingerprint density at radius 3 is 3.00 bits per heavy atom. The van der Waals surface area contributed by atoms with E-state index in [0.29, 0.717) is 10.2 Å². The highest BCUT2D eigenvalue weighted by molar-refractivity contribution is 7.18. The molecule has 2 aromatic heterocycles. The molecule has 0 saturated carbocycles. The minimum atomic E-state index is -0.498. The number of thiophene rings is 1. The predicted octanol–water partition coefficient (Wildman–Crippen LogP) is 2.31. The second kappa shape index (κ2) is 7.35. The van der Waals surface area contributed by atoms with Gasteiger partial charge in [0, 0.05) is 10.4 Å². The monoisotopic (exact) mass is 358 g/mol. The van der Waals surface area contributed by atoms with Gasteiger partial charge in [0.1, 0.15) is 17.2 Å². The number of amides is 1. The van der Waals surface area contributed by atoms with E-state index < -0.39 is 11.7 Å². The number of aromatic nitrogens is 2. The Morgan fingerprint density at radius 2 is 2.24 bits per heavy atom. The van der Waals surface area contributed by atoms with Gasteiger partial charge in [-0.3, -0.25) is 14.2 Å². The van der Waals surface area contributed by atoms with E-state index >= 15 is 0 Å². The fourth-order valence-corrected chi connectivity index (χ4v) is 3.17. The summed E-state index contributed by atoms with van der Waals surface area (Å²) < 4.78 is 14.7. The van der Waals surface area contributed by atoms with Crippen LogP contribution in [-0.4, -0.2) is 21.7 Å². The fourth-order valence-electron chi connectivity index (χ4n) is 2.24. The van der Waals surface area contributed by atoms with Gasteiger partial charge in [-0.05, 0) is 18.6 Å². The number of nitrogens with one attached hydrogen (secondary N) is 1. The van der Waals surface area contributed by atoms with Crippen LogP contribution in [0.1, 0.15) is 17.4 Å². The summed E-state index contributed by atoms with van der Waals surface area (Å²) in [6.45, 7) is 1.79. The van der Waals surface area contributed by atoms with Gasteiger partial charge in [0.25, 0.3) is 11.5 Å². The number of carbonyl (C=O) groups is 1. The number of halogens is 1. The molecule has 1 N–H and O–H groups in total. The zero-order chi connectivity index (χ0) is 17.8. The van der Waals surface area contributed by atoms with Crippen molar-refractivity contribution in [2.75, 3.05) is 0 Å². The number of hydrogen-bond donors (Lipinski definition) is 1. The van der Waals surface area contributed by atoms with Crippen molar-refractivity contribution in [2.45, 2.75) is 19.9 Å². The third-order valence-corrected chi connectivity index (χ3v) is 4.72. The molecule has 1 amide bonds. The van der Waals surface area contributed by atoms with E-state index in [0.717, 1.165) is 11.3 Å². The van der Waals surface area contributed by atoms with Crippen LogP contribution in [0.4, 0.5) is 4.39 Å². The fraction of sp³-hybridized carbons (Fsp3) is 0.176. The van der Waals surface area contributed by atoms with Crippen molar-refractivity contribution in [1.29, 1.82) is 0 Å². The molecule has 1 aromatic carbocycles. The maximum absolute atomic E-state index is 13.4. The third-order valence-electron chi connectivity index (χ3n) is 3.53. The molecule has 0 spiro atoms. The van der Waals surface area contributed by atoms with Gasteiger partial charge in [-0.1, -0.05) is 25.1 Å². The summed E-state index contributed by atoms with van der Waals surface area (Å²) in [5, 5.41) is 4.22. The summed E-state index contributed by atoms with van der Waals surface area (Å²) in [5.74, 6) is -0.933. The molecule has 0 aliphatic rings. The Balaban J connectivity index is 1.71. The summed E-state index contributed by atoms with van der Waals surface area (Å²) in [6, 6.07) is 7.87. The van der Waals surface area contributed by atoms with Gasteiger partial charge in [0.05, 0.1) is 17.9 Å². The van der Waals surface area contributed by atoms with Crippen LogP contribution in [0, 0.1) is 5.82 Å². The minimum absolute atomic E-state index is 0.215. The smallest absolute Gasteiger partial charge is 0.262 e. The molecular weight excluding hydrogens is 343 g/mol. The number of nitrogens with zero attached hydrogens (tertiary/aromatic N) is 3. The lowest BCUT2D eigenvalue weighted by molar-refractivity contribution is -0.121. The van der Waals surface area contributed by atoms with Crippen LogP contribution in [0.3, 0.4) is 0 Å². The van der Waals surface area contributed by atoms with Gasteiger partial charge in [0.15, 0.2) is 0 Å². The maximum Gasteiger partial charge on any atom is 0.262 e. The van der Waals surface area contributed by atoms with Crippen molar-refractivity contribution in [3.8, 4) is 0 Å². The Kier molecular flexibility index (Phi) is 4.99. The van der Waals surface area contributed by atoms with Gasteiger partial charge in [-0.25, -0.2) is 14.8 Å². The van der Waals surface area contributed by atoms with E-state index in [-0.39, 0.29) is 17.7 Å². The highest BCUT2D eigenvalue weighted by atomic mass is 32.1. The average Bonchev–Trinajstić information content (AvgIpc) is 3.03. The molecule has 0 aliphatic heterocycles. The van der Waals surface area contributed by atoms with Crippen LogP contribution in [-0.2, 0) is 17.8 Å². The Hall–Kier alpha value is -2.87. The topological polar surface area (TPSA) is 76.3 Å². The molecule has 3 aromatic rings. The summed E-state index contributed by atoms with van der Waals surface area (Å²) >= 11 is 1.47. The molecule has 8 heteroatoms. The molecule has 0 radical (unpaired) electrons. The quantitative estimate of drug-likeness (QED) is 0.562. The molecule has 25 heavy (non-hydrogen) atoms. The highest BCUT2D eigenvalue weighted by Crippen LogP contribution is 2.20. The summed E-state index contributed by atoms with van der Waals surface area (Å²) in [6.07, 6.45) is 3.39. The summed E-state index contributed by atoms with van der Waals surface area (Å²) in [4.78, 5) is 30.3. The van der Waals surface area contributed by atoms with Crippen molar-refractivity contribution in [2.24, 2.45) is 5.10 Å². The highest BCUT2D eigenvalue weighted by Gasteiger charge is 2.10. The number of fused-ring (bicyclic) bond motifs is 1. The molecule has 0 unspecified atom stereocenters. The van der Waals surface area contributed by atoms with Gasteiger partial charge >= 0.3 is 0 Å². The summed E-state index contributed by atoms with van der Waals surface area (Å²) in [5.41, 5.74) is 2.27. The van der Waals surface area contributed by atoms with Crippen molar-refractivity contribution in [3.05, 3.63) is 63.3 Å². The SMILES string of the molecule is CCc1cc2c(=O)n(CC(=O)N/N=C\c3ccccc3F)cnc2s1. The first-order chi connectivity index (χ1) is 12.1. The Labute approximate surface area is 146 Å². The lowest BCUT2D eigenvalue weighted by Crippen LogP contribution is -2.29. The first-order valence-corrected chi connectivity index (χ1v) is 8.44. The van der Waals surface area contributed by atoms with Crippen molar-refractivity contribution in [3.63, 3.8) is 0 Å². The van der Waals surface area contributed by atoms with Crippen LogP contribution in [0.15, 0.2) is 46.6 Å². The number of hydrazone groups is 1. The van der Waals surface area contributed by atoms with E-state index in [1.54, 1.807) is 18.2 Å². The van der Waals surface area contributed by atoms with Gasteiger partial charge in [-0.2, -0.15) is 5.10 Å². The third kappa shape index (κ3) is 3.80. The summed E-state index contributed by atoms with van der Waals surface area (Å²) in [7, 11) is 0. The van der Waals surface area contributed by atoms with Crippen LogP contribution in [0.25, 0.3) is 10.2 Å². The largest absolute Gasteiger partial charge is 0.289 e. The molecule has 0 aliphatic carbocycles. The molecule has 3 rings (SSSR count). The lowest BCUT2D eigenvalue weighted by Gasteiger charge is -2.03. The molecule has 6 nitrogen and oxygen atoms in total. The number of aryl methyl sites for hydroxylation is 1. The average molecular weight is 358 g/mol. The second-order valence-electron chi connectivity index (χ2n) is 5.28. The van der Waals surface area contributed by atoms with Crippen molar-refractivity contribution >= 4 is 33.7 Å². The van der Waals surface area contributed by atoms with Gasteiger partial charge in [0.2, 0.25) is 0 Å². The zero-order valence-electron chi connectivity index (χ0n) is 13.4. The van der Waals surface area contributed by atoms with E-state index in [2.05, 4.69) is 15.5 Å². The molecule has 0 bridgehead atoms. The van der Waals surface area contributed by atoms with E-state index in [1.165, 1.54) is 40.6 Å². The number of benzene rings is 1. The lowest BCUT2D eigenvalue weighted by atomic mass is 10.2. The van der Waals surface area contributed by atoms with E-state index in [9.17, 15) is 14.0 Å². The predicted molar refractivity (Wildman–Crippen MR) is 95.4 cm³/mol. The minimum Gasteiger partial charge on any atom is -0.289 e. The molecule has 128 valence electrons. The standard InChI is InChI=1S/C17H15FN4O2S/c1-2-12-7-13-16(25-12)19-10-22(17(13)24)9-15(23)21-20-8-11-5-3-4-6-14(11)18/h3-8,10H,2,9H2,1H3,(H,21,23)/b20-8-. The number of rotatable bonds is 5. The number of hydrogen-bond acceptors (Lipinski definition) is 5. The normalized spacial score (nSPS) is 11.3. The maximum atomic E-state index is 13.4. The zero-order valence-corrected chi connectivity index (χ0v) is 14.2. The molecule has 0 saturated heterocycles. The number of carbonyl (C=O) groups excluding carboxylic acids is 1. The van der Waals surface area contributed by atoms with Crippen LogP contribution >= 0.6 is 11.3 Å². The van der Waals surface area contributed by atoms with E-state index in [1.807, 2.05) is 6.92 Å². The van der Waals surface area contributed by atoms with Crippen LogP contribution in [0.5, 0.6) is 0 Å². The van der Waals surface area contributed by atoms with Crippen molar-refractivity contribution in [1.82, 2.24) is 15.0 Å². The van der Waals surface area contributed by atoms with E-state index in [4.69, 9.17) is 0 Å². The molecular formula is C17H15FN4O2S. The molecule has 2 heterocycles. The van der Waals surface area contributed by atoms with Gasteiger partial charge in [-0.15, -0.1) is 11.3 Å². The van der Waals surface area contributed by atoms with Crippen molar-refractivity contribution < 1.29 is 9.18 Å². The Bertz CT molecular complexity index is 1010. The van der Waals surface area contributed by atoms with Crippen LogP contribution in [0.2, 0.25) is 0 Å². The van der Waals surface area contributed by atoms with Gasteiger partial charge < -0.3 is 0 Å². The Morgan fingerprint density at radius 1 is 1.44 bits per heavy atom. The molecule has 0 atom stereocenters.